The van der Waals surface area contributed by atoms with Crippen LogP contribution < -0.4 is 5.32 Å². The number of hydrogen-bond donors (Lipinski definition) is 1. The fourth-order valence-corrected chi connectivity index (χ4v) is 1.94. The van der Waals surface area contributed by atoms with Gasteiger partial charge in [0.05, 0.1) is 11.8 Å². The molecule has 1 aromatic rings. The van der Waals surface area contributed by atoms with E-state index in [2.05, 4.69) is 16.4 Å². The van der Waals surface area contributed by atoms with Crippen LogP contribution >= 0.6 is 11.3 Å². The van der Waals surface area contributed by atoms with Gasteiger partial charge < -0.3 is 5.32 Å². The number of aromatic nitrogens is 1. The topological polar surface area (TPSA) is 48.7 Å². The summed E-state index contributed by atoms with van der Waals surface area (Å²) in [4.78, 5) is 4.45. The first-order chi connectivity index (χ1) is 6.60. The molecule has 76 valence electrons. The molecule has 0 bridgehead atoms. The largest absolute Gasteiger partial charge is 0.319 e. The maximum absolute atomic E-state index is 8.94. The number of nitrogens with zero attached hydrogens (tertiary/aromatic N) is 2. The normalized spacial score (nSPS) is 11.3. The van der Waals surface area contributed by atoms with Gasteiger partial charge >= 0.3 is 0 Å². The lowest BCUT2D eigenvalue weighted by atomic mass is 9.97. The van der Waals surface area contributed by atoms with E-state index in [0.29, 0.717) is 0 Å². The summed E-state index contributed by atoms with van der Waals surface area (Å²) in [5, 5.41) is 15.0. The molecule has 0 aromatic carbocycles. The summed E-state index contributed by atoms with van der Waals surface area (Å²) in [7, 11) is 1.92. The van der Waals surface area contributed by atoms with Crippen molar-refractivity contribution in [1.82, 2.24) is 10.3 Å². The second-order valence-corrected chi connectivity index (χ2v) is 4.59. The Morgan fingerprint density at radius 3 is 2.93 bits per heavy atom. The Morgan fingerprint density at radius 1 is 1.64 bits per heavy atom. The minimum absolute atomic E-state index is 0.456. The summed E-state index contributed by atoms with van der Waals surface area (Å²) in [6.07, 6.45) is 0.925. The summed E-state index contributed by atoms with van der Waals surface area (Å²) in [6.45, 7) is 4.72. The number of thiazole rings is 1. The molecule has 0 radical (unpaired) electrons. The minimum Gasteiger partial charge on any atom is -0.319 e. The Bertz CT molecular complexity index is 335. The van der Waals surface area contributed by atoms with Crippen LogP contribution in [0.2, 0.25) is 0 Å². The van der Waals surface area contributed by atoms with Crippen molar-refractivity contribution in [1.29, 1.82) is 5.26 Å². The van der Waals surface area contributed by atoms with Gasteiger partial charge in [-0.3, -0.25) is 0 Å². The zero-order chi connectivity index (χ0) is 10.6. The number of likely N-dealkylation sites (N-methyl/N-ethyl adjacent to an activating group) is 1. The molecular formula is C10H15N3S. The molecule has 0 amide bonds. The molecule has 1 aromatic heterocycles. The summed E-state index contributed by atoms with van der Waals surface area (Å²) < 4.78 is 0. The molecule has 0 aliphatic heterocycles. The molecule has 1 heterocycles. The van der Waals surface area contributed by atoms with E-state index in [1.807, 2.05) is 26.3 Å². The van der Waals surface area contributed by atoms with Crippen molar-refractivity contribution in [3.63, 3.8) is 0 Å². The van der Waals surface area contributed by atoms with Crippen LogP contribution in [0, 0.1) is 11.3 Å². The summed E-state index contributed by atoms with van der Waals surface area (Å²) in [5.41, 5.74) is 0.616. The number of rotatable bonds is 4. The predicted molar refractivity (Wildman–Crippen MR) is 58.4 cm³/mol. The molecule has 1 N–H and O–H groups in total. The quantitative estimate of drug-likeness (QED) is 0.821. The van der Waals surface area contributed by atoms with Crippen molar-refractivity contribution in [3.05, 3.63) is 16.1 Å². The fourth-order valence-electron chi connectivity index (χ4n) is 1.01. The van der Waals surface area contributed by atoms with Crippen molar-refractivity contribution >= 4 is 11.3 Å². The highest BCUT2D eigenvalue weighted by molar-refractivity contribution is 7.09. The van der Waals surface area contributed by atoms with Crippen molar-refractivity contribution in [2.24, 2.45) is 0 Å². The third-order valence-electron chi connectivity index (χ3n) is 2.00. The van der Waals surface area contributed by atoms with E-state index in [-0.39, 0.29) is 0 Å². The lowest BCUT2D eigenvalue weighted by Gasteiger charge is -2.09. The molecule has 0 spiro atoms. The molecule has 0 fully saturated rings. The van der Waals surface area contributed by atoms with Crippen molar-refractivity contribution in [2.75, 3.05) is 13.6 Å². The van der Waals surface area contributed by atoms with Gasteiger partial charge in [-0.15, -0.1) is 11.3 Å². The molecular weight excluding hydrogens is 194 g/mol. The first-order valence-electron chi connectivity index (χ1n) is 4.61. The van der Waals surface area contributed by atoms with Crippen molar-refractivity contribution in [3.8, 4) is 6.07 Å². The number of nitriles is 1. The van der Waals surface area contributed by atoms with Gasteiger partial charge in [-0.2, -0.15) is 5.26 Å². The summed E-state index contributed by atoms with van der Waals surface area (Å²) >= 11 is 1.57. The standard InChI is InChI=1S/C10H15N3S/c1-10(2,7-11)9-13-8(6-14-9)4-5-12-3/h6,12H,4-5H2,1-3H3. The van der Waals surface area contributed by atoms with Gasteiger partial charge in [-0.25, -0.2) is 4.98 Å². The third kappa shape index (κ3) is 2.53. The van der Waals surface area contributed by atoms with Crippen LogP contribution in [0.5, 0.6) is 0 Å². The molecule has 0 aliphatic rings. The molecule has 0 atom stereocenters. The molecule has 4 heteroatoms. The second-order valence-electron chi connectivity index (χ2n) is 3.73. The van der Waals surface area contributed by atoms with Gasteiger partial charge in [0, 0.05) is 18.3 Å². The van der Waals surface area contributed by atoms with Crippen LogP contribution in [0.4, 0.5) is 0 Å². The molecule has 0 aliphatic carbocycles. The van der Waals surface area contributed by atoms with Crippen LogP contribution in [0.25, 0.3) is 0 Å². The van der Waals surface area contributed by atoms with E-state index in [9.17, 15) is 0 Å². The lowest BCUT2D eigenvalue weighted by molar-refractivity contribution is 0.672. The molecule has 0 saturated heterocycles. The number of nitrogens with one attached hydrogen (secondary N) is 1. The average molecular weight is 209 g/mol. The van der Waals surface area contributed by atoms with Gasteiger partial charge in [-0.1, -0.05) is 0 Å². The Hall–Kier alpha value is -0.920. The zero-order valence-electron chi connectivity index (χ0n) is 8.79. The Balaban J connectivity index is 2.74. The third-order valence-corrected chi connectivity index (χ3v) is 3.21. The van der Waals surface area contributed by atoms with Crippen LogP contribution in [0.3, 0.4) is 0 Å². The minimum atomic E-state index is -0.456. The lowest BCUT2D eigenvalue weighted by Crippen LogP contribution is -2.14. The van der Waals surface area contributed by atoms with Gasteiger partial charge in [0.25, 0.3) is 0 Å². The van der Waals surface area contributed by atoms with Gasteiger partial charge in [0.15, 0.2) is 0 Å². The zero-order valence-corrected chi connectivity index (χ0v) is 9.61. The average Bonchev–Trinajstić information content (AvgIpc) is 2.63. The van der Waals surface area contributed by atoms with E-state index in [1.54, 1.807) is 11.3 Å². The first kappa shape index (κ1) is 11.2. The van der Waals surface area contributed by atoms with Crippen LogP contribution in [0.1, 0.15) is 24.5 Å². The number of hydrogen-bond acceptors (Lipinski definition) is 4. The summed E-state index contributed by atoms with van der Waals surface area (Å²) in [5.74, 6) is 0. The van der Waals surface area contributed by atoms with Crippen LogP contribution in [0.15, 0.2) is 5.38 Å². The highest BCUT2D eigenvalue weighted by Gasteiger charge is 2.23. The van der Waals surface area contributed by atoms with E-state index in [4.69, 9.17) is 5.26 Å². The van der Waals surface area contributed by atoms with Gasteiger partial charge in [0.1, 0.15) is 10.4 Å². The predicted octanol–water partition coefficient (Wildman–Crippen LogP) is 1.71. The van der Waals surface area contributed by atoms with E-state index in [1.165, 1.54) is 0 Å². The highest BCUT2D eigenvalue weighted by atomic mass is 32.1. The molecule has 14 heavy (non-hydrogen) atoms. The van der Waals surface area contributed by atoms with Crippen molar-refractivity contribution < 1.29 is 0 Å². The van der Waals surface area contributed by atoms with Gasteiger partial charge in [-0.05, 0) is 20.9 Å². The van der Waals surface area contributed by atoms with Gasteiger partial charge in [0.2, 0.25) is 0 Å². The molecule has 0 unspecified atom stereocenters. The van der Waals surface area contributed by atoms with E-state index < -0.39 is 5.41 Å². The Labute approximate surface area is 88.8 Å². The monoisotopic (exact) mass is 209 g/mol. The maximum atomic E-state index is 8.94. The smallest absolute Gasteiger partial charge is 0.113 e. The van der Waals surface area contributed by atoms with E-state index >= 15 is 0 Å². The van der Waals surface area contributed by atoms with Crippen LogP contribution in [-0.4, -0.2) is 18.6 Å². The highest BCUT2D eigenvalue weighted by Crippen LogP contribution is 2.25. The maximum Gasteiger partial charge on any atom is 0.113 e. The summed E-state index contributed by atoms with van der Waals surface area (Å²) in [6, 6.07) is 2.26. The van der Waals surface area contributed by atoms with Crippen LogP contribution in [-0.2, 0) is 11.8 Å². The van der Waals surface area contributed by atoms with E-state index in [0.717, 1.165) is 23.7 Å². The SMILES string of the molecule is CNCCc1csc(C(C)(C)C#N)n1. The molecule has 3 nitrogen and oxygen atoms in total. The Kier molecular flexibility index (Phi) is 3.62. The Morgan fingerprint density at radius 2 is 2.36 bits per heavy atom. The molecule has 1 rings (SSSR count). The fraction of sp³-hybridized carbons (Fsp3) is 0.600. The second kappa shape index (κ2) is 4.54. The molecule has 0 saturated carbocycles. The first-order valence-corrected chi connectivity index (χ1v) is 5.49. The van der Waals surface area contributed by atoms with Crippen molar-refractivity contribution in [2.45, 2.75) is 25.7 Å².